The molecule has 5 heteroatoms. The third-order valence-electron chi connectivity index (χ3n) is 5.22. The van der Waals surface area contributed by atoms with E-state index in [1.165, 1.54) is 37.0 Å². The Hall–Kier alpha value is -1.36. The summed E-state index contributed by atoms with van der Waals surface area (Å²) in [4.78, 5) is 29.5. The zero-order chi connectivity index (χ0) is 16.2. The molecule has 4 nitrogen and oxygen atoms in total. The zero-order valence-corrected chi connectivity index (χ0v) is 14.7. The van der Waals surface area contributed by atoms with Crippen molar-refractivity contribution >= 4 is 23.2 Å². The highest BCUT2D eigenvalue weighted by Crippen LogP contribution is 2.28. The Morgan fingerprint density at radius 3 is 2.39 bits per heavy atom. The molecule has 2 aliphatic rings. The van der Waals surface area contributed by atoms with E-state index in [9.17, 15) is 9.59 Å². The lowest BCUT2D eigenvalue weighted by Gasteiger charge is -2.35. The van der Waals surface area contributed by atoms with Crippen LogP contribution in [0.25, 0.3) is 0 Å². The van der Waals surface area contributed by atoms with Gasteiger partial charge in [-0.15, -0.1) is 11.3 Å². The minimum atomic E-state index is 0.121. The molecule has 0 bridgehead atoms. The van der Waals surface area contributed by atoms with Crippen molar-refractivity contribution in [3.8, 4) is 0 Å². The van der Waals surface area contributed by atoms with Gasteiger partial charge in [-0.3, -0.25) is 9.59 Å². The van der Waals surface area contributed by atoms with Crippen molar-refractivity contribution in [2.75, 3.05) is 26.2 Å². The lowest BCUT2D eigenvalue weighted by atomic mass is 10.0. The molecule has 1 aromatic rings. The maximum atomic E-state index is 12.5. The molecule has 23 heavy (non-hydrogen) atoms. The normalized spacial score (nSPS) is 19.3. The second-order valence-electron chi connectivity index (χ2n) is 6.79. The van der Waals surface area contributed by atoms with E-state index in [0.717, 1.165) is 22.8 Å². The summed E-state index contributed by atoms with van der Waals surface area (Å²) < 4.78 is 0. The number of thiophene rings is 1. The van der Waals surface area contributed by atoms with E-state index in [-0.39, 0.29) is 11.8 Å². The average Bonchev–Trinajstić information content (AvgIpc) is 3.23. The van der Waals surface area contributed by atoms with Crippen LogP contribution in [0.5, 0.6) is 0 Å². The van der Waals surface area contributed by atoms with Crippen LogP contribution >= 0.6 is 11.3 Å². The van der Waals surface area contributed by atoms with Crippen molar-refractivity contribution in [3.05, 3.63) is 21.9 Å². The highest BCUT2D eigenvalue weighted by atomic mass is 32.1. The van der Waals surface area contributed by atoms with Gasteiger partial charge in [0.2, 0.25) is 5.91 Å². The van der Waals surface area contributed by atoms with Crippen LogP contribution in [0, 0.1) is 12.8 Å². The van der Waals surface area contributed by atoms with E-state index in [1.54, 1.807) is 0 Å². The van der Waals surface area contributed by atoms with Crippen LogP contribution < -0.4 is 0 Å². The van der Waals surface area contributed by atoms with Gasteiger partial charge in [0.05, 0.1) is 4.88 Å². The van der Waals surface area contributed by atoms with Gasteiger partial charge in [-0.25, -0.2) is 0 Å². The first-order valence-corrected chi connectivity index (χ1v) is 9.64. The van der Waals surface area contributed by atoms with Crippen LogP contribution in [0.1, 0.15) is 53.8 Å². The summed E-state index contributed by atoms with van der Waals surface area (Å²) in [7, 11) is 0. The number of aryl methyl sites for hydroxylation is 1. The molecule has 2 fully saturated rings. The molecule has 0 unspecified atom stereocenters. The van der Waals surface area contributed by atoms with Crippen molar-refractivity contribution in [2.45, 2.75) is 45.4 Å². The topological polar surface area (TPSA) is 40.6 Å². The highest BCUT2D eigenvalue weighted by Gasteiger charge is 2.26. The molecule has 3 rings (SSSR count). The summed E-state index contributed by atoms with van der Waals surface area (Å²) in [6.07, 6.45) is 7.00. The fourth-order valence-electron chi connectivity index (χ4n) is 3.68. The van der Waals surface area contributed by atoms with Crippen LogP contribution in [0.3, 0.4) is 0 Å². The molecule has 1 saturated carbocycles. The Balaban J connectivity index is 1.45. The second-order valence-corrected chi connectivity index (χ2v) is 7.71. The highest BCUT2D eigenvalue weighted by molar-refractivity contribution is 7.12. The third-order valence-corrected chi connectivity index (χ3v) is 6.22. The van der Waals surface area contributed by atoms with Gasteiger partial charge in [-0.05, 0) is 36.3 Å². The molecule has 2 amide bonds. The lowest BCUT2D eigenvalue weighted by molar-refractivity contribution is -0.133. The van der Waals surface area contributed by atoms with Gasteiger partial charge in [0.25, 0.3) is 5.91 Å². The van der Waals surface area contributed by atoms with Gasteiger partial charge in [0, 0.05) is 32.6 Å². The predicted octanol–water partition coefficient (Wildman–Crippen LogP) is 3.31. The predicted molar refractivity (Wildman–Crippen MR) is 92.7 cm³/mol. The van der Waals surface area contributed by atoms with Crippen molar-refractivity contribution in [1.29, 1.82) is 0 Å². The Bertz CT molecular complexity index is 555. The molecule has 0 spiro atoms. The smallest absolute Gasteiger partial charge is 0.264 e. The number of rotatable bonds is 4. The van der Waals surface area contributed by atoms with Crippen LogP contribution in [-0.4, -0.2) is 47.8 Å². The summed E-state index contributed by atoms with van der Waals surface area (Å²) in [6.45, 7) is 4.66. The van der Waals surface area contributed by atoms with Gasteiger partial charge >= 0.3 is 0 Å². The summed E-state index contributed by atoms with van der Waals surface area (Å²) in [6, 6.07) is 1.99. The molecule has 1 aliphatic carbocycles. The first-order chi connectivity index (χ1) is 11.1. The molecule has 0 aromatic carbocycles. The fourth-order valence-corrected chi connectivity index (χ4v) is 4.57. The van der Waals surface area contributed by atoms with Gasteiger partial charge < -0.3 is 9.80 Å². The fraction of sp³-hybridized carbons (Fsp3) is 0.667. The van der Waals surface area contributed by atoms with E-state index in [4.69, 9.17) is 0 Å². The molecular weight excluding hydrogens is 308 g/mol. The molecule has 1 saturated heterocycles. The monoisotopic (exact) mass is 334 g/mol. The van der Waals surface area contributed by atoms with Crippen molar-refractivity contribution in [2.24, 2.45) is 5.92 Å². The van der Waals surface area contributed by atoms with Crippen molar-refractivity contribution in [1.82, 2.24) is 9.80 Å². The number of piperazine rings is 1. The number of carbonyl (C=O) groups excluding carboxylic acids is 2. The molecule has 0 atom stereocenters. The maximum absolute atomic E-state index is 12.5. The average molecular weight is 334 g/mol. The summed E-state index contributed by atoms with van der Waals surface area (Å²) in [5, 5.41) is 1.96. The van der Waals surface area contributed by atoms with E-state index in [1.807, 2.05) is 28.2 Å². The Morgan fingerprint density at radius 1 is 1.13 bits per heavy atom. The number of carbonyl (C=O) groups is 2. The maximum Gasteiger partial charge on any atom is 0.264 e. The van der Waals surface area contributed by atoms with Gasteiger partial charge in [-0.2, -0.15) is 0 Å². The Labute approximate surface area is 142 Å². The largest absolute Gasteiger partial charge is 0.339 e. The van der Waals surface area contributed by atoms with E-state index in [0.29, 0.717) is 32.6 Å². The molecule has 1 aliphatic heterocycles. The van der Waals surface area contributed by atoms with Crippen LogP contribution in [0.2, 0.25) is 0 Å². The summed E-state index contributed by atoms with van der Waals surface area (Å²) >= 11 is 1.51. The number of nitrogens with zero attached hydrogens (tertiary/aromatic N) is 2. The first kappa shape index (κ1) is 16.5. The van der Waals surface area contributed by atoms with Gasteiger partial charge in [-0.1, -0.05) is 25.7 Å². The minimum Gasteiger partial charge on any atom is -0.339 e. The number of amides is 2. The second kappa shape index (κ2) is 7.47. The lowest BCUT2D eigenvalue weighted by Crippen LogP contribution is -2.50. The SMILES string of the molecule is Cc1ccsc1C(=O)N1CCN(C(=O)CCC2CCCC2)CC1. The van der Waals surface area contributed by atoms with Crippen molar-refractivity contribution in [3.63, 3.8) is 0 Å². The number of hydrogen-bond donors (Lipinski definition) is 0. The van der Waals surface area contributed by atoms with E-state index < -0.39 is 0 Å². The number of hydrogen-bond acceptors (Lipinski definition) is 3. The van der Waals surface area contributed by atoms with Crippen molar-refractivity contribution < 1.29 is 9.59 Å². The van der Waals surface area contributed by atoms with Crippen LogP contribution in [0.4, 0.5) is 0 Å². The summed E-state index contributed by atoms with van der Waals surface area (Å²) in [5.41, 5.74) is 1.05. The standard InChI is InChI=1S/C18H26N2O2S/c1-14-8-13-23-17(14)18(22)20-11-9-19(10-12-20)16(21)7-6-15-4-2-3-5-15/h8,13,15H,2-7,9-12H2,1H3. The zero-order valence-electron chi connectivity index (χ0n) is 13.9. The Kier molecular flexibility index (Phi) is 5.36. The molecule has 1 aromatic heterocycles. The van der Waals surface area contributed by atoms with Gasteiger partial charge in [0.15, 0.2) is 0 Å². The molecular formula is C18H26N2O2S. The Morgan fingerprint density at radius 2 is 1.78 bits per heavy atom. The molecule has 0 radical (unpaired) electrons. The van der Waals surface area contributed by atoms with Crippen LogP contribution in [-0.2, 0) is 4.79 Å². The van der Waals surface area contributed by atoms with Gasteiger partial charge in [0.1, 0.15) is 0 Å². The molecule has 0 N–H and O–H groups in total. The molecule has 126 valence electrons. The third kappa shape index (κ3) is 3.94. The molecule has 2 heterocycles. The van der Waals surface area contributed by atoms with E-state index in [2.05, 4.69) is 0 Å². The summed E-state index contributed by atoms with van der Waals surface area (Å²) in [5.74, 6) is 1.16. The quantitative estimate of drug-likeness (QED) is 0.847. The van der Waals surface area contributed by atoms with E-state index >= 15 is 0 Å². The van der Waals surface area contributed by atoms with Crippen LogP contribution in [0.15, 0.2) is 11.4 Å². The minimum absolute atomic E-state index is 0.121. The first-order valence-electron chi connectivity index (χ1n) is 8.76.